The van der Waals surface area contributed by atoms with Crippen molar-refractivity contribution in [2.75, 3.05) is 37.9 Å². The van der Waals surface area contributed by atoms with Crippen molar-refractivity contribution in [2.45, 2.75) is 13.0 Å². The van der Waals surface area contributed by atoms with E-state index in [1.807, 2.05) is 73.6 Å². The zero-order valence-electron chi connectivity index (χ0n) is 17.0. The van der Waals surface area contributed by atoms with E-state index in [9.17, 15) is 5.11 Å². The van der Waals surface area contributed by atoms with Gasteiger partial charge >= 0.3 is 0 Å². The summed E-state index contributed by atoms with van der Waals surface area (Å²) in [4.78, 5) is 10.5. The molecule has 0 amide bonds. The maximum atomic E-state index is 9.88. The normalized spacial score (nSPS) is 11.9. The minimum Gasteiger partial charge on any atom is -0.491 e. The maximum Gasteiger partial charge on any atom is 0.135 e. The summed E-state index contributed by atoms with van der Waals surface area (Å²) >= 11 is 0. The second-order valence-electron chi connectivity index (χ2n) is 7.16. The van der Waals surface area contributed by atoms with Gasteiger partial charge < -0.3 is 25.4 Å². The molecule has 2 aromatic carbocycles. The summed E-state index contributed by atoms with van der Waals surface area (Å²) in [5.41, 5.74) is 3.06. The SMILES string of the molecule is Cc1ccc(Nc2cc(Nc3ccc(OCC(O)CN(C)C)cc3)ncn2)cc1. The molecular formula is C22H27N5O2. The van der Waals surface area contributed by atoms with E-state index in [1.54, 1.807) is 0 Å². The maximum absolute atomic E-state index is 9.88. The fourth-order valence-electron chi connectivity index (χ4n) is 2.73. The molecule has 0 fully saturated rings. The van der Waals surface area contributed by atoms with Gasteiger partial charge in [-0.05, 0) is 57.4 Å². The van der Waals surface area contributed by atoms with Crippen LogP contribution in [-0.2, 0) is 0 Å². The summed E-state index contributed by atoms with van der Waals surface area (Å²) in [5.74, 6) is 2.10. The minimum atomic E-state index is -0.525. The van der Waals surface area contributed by atoms with Crippen LogP contribution in [0.25, 0.3) is 0 Å². The van der Waals surface area contributed by atoms with Gasteiger partial charge in [-0.15, -0.1) is 0 Å². The summed E-state index contributed by atoms with van der Waals surface area (Å²) in [6, 6.07) is 17.5. The number of anilines is 4. The third-order valence-corrected chi connectivity index (χ3v) is 4.14. The Morgan fingerprint density at radius 1 is 0.931 bits per heavy atom. The van der Waals surface area contributed by atoms with Crippen molar-refractivity contribution in [1.29, 1.82) is 0 Å². The molecule has 0 radical (unpaired) electrons. The fraction of sp³-hybridized carbons (Fsp3) is 0.273. The van der Waals surface area contributed by atoms with Gasteiger partial charge in [-0.3, -0.25) is 0 Å². The molecule has 29 heavy (non-hydrogen) atoms. The molecule has 0 saturated heterocycles. The molecule has 1 aromatic heterocycles. The van der Waals surface area contributed by atoms with Gasteiger partial charge in [-0.2, -0.15) is 0 Å². The second kappa shape index (κ2) is 9.86. The van der Waals surface area contributed by atoms with Crippen LogP contribution in [0.4, 0.5) is 23.0 Å². The Hall–Kier alpha value is -3.16. The molecule has 1 heterocycles. The highest BCUT2D eigenvalue weighted by molar-refractivity contribution is 5.63. The van der Waals surface area contributed by atoms with Crippen LogP contribution in [0.3, 0.4) is 0 Å². The standard InChI is InChI=1S/C22H27N5O2/c1-16-4-6-17(7-5-16)25-21-12-22(24-15-23-21)26-18-8-10-20(11-9-18)29-14-19(28)13-27(2)3/h4-12,15,19,28H,13-14H2,1-3H3,(H2,23,24,25,26). The number of ether oxygens (including phenoxy) is 1. The predicted octanol–water partition coefficient (Wildman–Crippen LogP) is 3.57. The van der Waals surface area contributed by atoms with Gasteiger partial charge in [0.2, 0.25) is 0 Å². The molecule has 3 rings (SSSR count). The van der Waals surface area contributed by atoms with Crippen LogP contribution in [0.5, 0.6) is 5.75 Å². The molecule has 3 N–H and O–H groups in total. The Kier molecular flexibility index (Phi) is 6.99. The third kappa shape index (κ3) is 6.74. The zero-order valence-corrected chi connectivity index (χ0v) is 17.0. The number of aliphatic hydroxyl groups excluding tert-OH is 1. The quantitative estimate of drug-likeness (QED) is 0.513. The van der Waals surface area contributed by atoms with E-state index in [2.05, 4.69) is 27.5 Å². The Morgan fingerprint density at radius 2 is 1.48 bits per heavy atom. The zero-order chi connectivity index (χ0) is 20.6. The fourth-order valence-corrected chi connectivity index (χ4v) is 2.73. The summed E-state index contributed by atoms with van der Waals surface area (Å²) in [5, 5.41) is 16.4. The van der Waals surface area contributed by atoms with E-state index in [0.717, 1.165) is 11.4 Å². The molecule has 152 valence electrons. The summed E-state index contributed by atoms with van der Waals surface area (Å²) in [7, 11) is 3.83. The van der Waals surface area contributed by atoms with Crippen LogP contribution >= 0.6 is 0 Å². The van der Waals surface area contributed by atoms with Crippen LogP contribution in [0.1, 0.15) is 5.56 Å². The van der Waals surface area contributed by atoms with Crippen LogP contribution < -0.4 is 15.4 Å². The lowest BCUT2D eigenvalue weighted by atomic mass is 10.2. The van der Waals surface area contributed by atoms with Gasteiger partial charge in [-0.25, -0.2) is 9.97 Å². The number of benzene rings is 2. The van der Waals surface area contributed by atoms with E-state index >= 15 is 0 Å². The lowest BCUT2D eigenvalue weighted by molar-refractivity contribution is 0.0831. The highest BCUT2D eigenvalue weighted by Crippen LogP contribution is 2.21. The van der Waals surface area contributed by atoms with Crippen molar-refractivity contribution in [3.05, 3.63) is 66.5 Å². The lowest BCUT2D eigenvalue weighted by Crippen LogP contribution is -2.30. The van der Waals surface area contributed by atoms with Gasteiger partial charge in [0.05, 0.1) is 0 Å². The number of likely N-dealkylation sites (N-methyl/N-ethyl adjacent to an activating group) is 1. The van der Waals surface area contributed by atoms with Crippen LogP contribution in [0.2, 0.25) is 0 Å². The van der Waals surface area contributed by atoms with Crippen molar-refractivity contribution < 1.29 is 9.84 Å². The highest BCUT2D eigenvalue weighted by Gasteiger charge is 2.07. The molecule has 0 aliphatic carbocycles. The molecule has 7 heteroatoms. The molecule has 0 bridgehead atoms. The van der Waals surface area contributed by atoms with Crippen LogP contribution in [0.15, 0.2) is 60.9 Å². The lowest BCUT2D eigenvalue weighted by Gasteiger charge is -2.16. The van der Waals surface area contributed by atoms with Gasteiger partial charge in [-0.1, -0.05) is 17.7 Å². The smallest absolute Gasteiger partial charge is 0.135 e. The number of aryl methyl sites for hydroxylation is 1. The molecule has 3 aromatic rings. The van der Waals surface area contributed by atoms with E-state index in [1.165, 1.54) is 11.9 Å². The van der Waals surface area contributed by atoms with E-state index in [4.69, 9.17) is 4.74 Å². The number of rotatable bonds is 9. The average Bonchev–Trinajstić information content (AvgIpc) is 2.69. The van der Waals surface area contributed by atoms with E-state index < -0.39 is 6.10 Å². The Morgan fingerprint density at radius 3 is 2.03 bits per heavy atom. The molecule has 1 unspecified atom stereocenters. The third-order valence-electron chi connectivity index (χ3n) is 4.14. The number of hydrogen-bond acceptors (Lipinski definition) is 7. The Labute approximate surface area is 171 Å². The highest BCUT2D eigenvalue weighted by atomic mass is 16.5. The number of aliphatic hydroxyl groups is 1. The van der Waals surface area contributed by atoms with Gasteiger partial charge in [0.15, 0.2) is 0 Å². The number of nitrogens with one attached hydrogen (secondary N) is 2. The van der Waals surface area contributed by atoms with E-state index in [-0.39, 0.29) is 6.61 Å². The molecule has 7 nitrogen and oxygen atoms in total. The number of hydrogen-bond donors (Lipinski definition) is 3. The number of aromatic nitrogens is 2. The monoisotopic (exact) mass is 393 g/mol. The second-order valence-corrected chi connectivity index (χ2v) is 7.16. The molecule has 0 aliphatic heterocycles. The summed E-state index contributed by atoms with van der Waals surface area (Å²) in [6.45, 7) is 2.87. The Balaban J connectivity index is 1.56. The molecule has 0 saturated carbocycles. The molecule has 0 aliphatic rings. The van der Waals surface area contributed by atoms with Crippen LogP contribution in [0, 0.1) is 6.92 Å². The van der Waals surface area contributed by atoms with Crippen molar-refractivity contribution >= 4 is 23.0 Å². The van der Waals surface area contributed by atoms with Gasteiger partial charge in [0, 0.05) is 24.0 Å². The first kappa shape index (κ1) is 20.6. The molecule has 1 atom stereocenters. The number of nitrogens with zero attached hydrogens (tertiary/aromatic N) is 3. The first-order valence-corrected chi connectivity index (χ1v) is 9.46. The molecular weight excluding hydrogens is 366 g/mol. The van der Waals surface area contributed by atoms with Crippen molar-refractivity contribution in [3.63, 3.8) is 0 Å². The topological polar surface area (TPSA) is 82.5 Å². The first-order chi connectivity index (χ1) is 14.0. The minimum absolute atomic E-state index is 0.255. The first-order valence-electron chi connectivity index (χ1n) is 9.46. The van der Waals surface area contributed by atoms with E-state index in [0.29, 0.717) is 23.9 Å². The average molecular weight is 393 g/mol. The van der Waals surface area contributed by atoms with Crippen molar-refractivity contribution in [2.24, 2.45) is 0 Å². The molecule has 0 spiro atoms. The van der Waals surface area contributed by atoms with Crippen molar-refractivity contribution in [3.8, 4) is 5.75 Å². The summed E-state index contributed by atoms with van der Waals surface area (Å²) < 4.78 is 5.63. The Bertz CT molecular complexity index is 898. The van der Waals surface area contributed by atoms with Crippen LogP contribution in [-0.4, -0.2) is 53.3 Å². The predicted molar refractivity (Wildman–Crippen MR) is 116 cm³/mol. The van der Waals surface area contributed by atoms with Gasteiger partial charge in [0.25, 0.3) is 0 Å². The van der Waals surface area contributed by atoms with Crippen molar-refractivity contribution in [1.82, 2.24) is 14.9 Å². The van der Waals surface area contributed by atoms with Gasteiger partial charge in [0.1, 0.15) is 36.4 Å². The largest absolute Gasteiger partial charge is 0.491 e. The summed E-state index contributed by atoms with van der Waals surface area (Å²) in [6.07, 6.45) is 0.992.